The minimum Gasteiger partial charge on any atom is -0.350 e. The van der Waals surface area contributed by atoms with Gasteiger partial charge in [0.15, 0.2) is 0 Å². The van der Waals surface area contributed by atoms with Crippen LogP contribution in [0.25, 0.3) is 11.3 Å². The fraction of sp³-hybridized carbons (Fsp3) is 0.320. The largest absolute Gasteiger partial charge is 0.350 e. The first-order valence-electron chi connectivity index (χ1n) is 11.1. The van der Waals surface area contributed by atoms with Gasteiger partial charge in [-0.2, -0.15) is 0 Å². The van der Waals surface area contributed by atoms with Crippen molar-refractivity contribution in [1.82, 2.24) is 15.0 Å². The summed E-state index contributed by atoms with van der Waals surface area (Å²) in [6.07, 6.45) is 1.26. The van der Waals surface area contributed by atoms with Crippen molar-refractivity contribution in [2.24, 2.45) is 0 Å². The number of fused-ring (bicyclic) bond motifs is 1. The van der Waals surface area contributed by atoms with Crippen LogP contribution in [0.5, 0.6) is 0 Å². The lowest BCUT2D eigenvalue weighted by atomic mass is 9.94. The van der Waals surface area contributed by atoms with E-state index < -0.39 is 17.8 Å². The molecule has 7 nitrogen and oxygen atoms in total. The Morgan fingerprint density at radius 1 is 1.03 bits per heavy atom. The summed E-state index contributed by atoms with van der Waals surface area (Å²) in [4.78, 5) is 32.7. The smallest absolute Gasteiger partial charge is 0.297 e. The van der Waals surface area contributed by atoms with Crippen molar-refractivity contribution in [2.45, 2.75) is 18.9 Å². The number of aryl methyl sites for hydroxylation is 1. The summed E-state index contributed by atoms with van der Waals surface area (Å²) in [6, 6.07) is 14.5. The predicted molar refractivity (Wildman–Crippen MR) is 137 cm³/mol. The van der Waals surface area contributed by atoms with Crippen LogP contribution >= 0.6 is 24.0 Å². The molecule has 0 aliphatic carbocycles. The molecule has 1 unspecified atom stereocenters. The topological polar surface area (TPSA) is 69.9 Å². The van der Waals surface area contributed by atoms with E-state index in [2.05, 4.69) is 10.1 Å². The Bertz CT molecular complexity index is 1190. The number of aromatic nitrogens is 1. The molecule has 9 heteroatoms. The summed E-state index contributed by atoms with van der Waals surface area (Å²) in [5.41, 5.74) is 2.61. The van der Waals surface area contributed by atoms with E-state index in [1.54, 1.807) is 17.0 Å². The molecule has 2 amide bonds. The maximum Gasteiger partial charge on any atom is 0.297 e. The molecule has 0 radical (unpaired) electrons. The number of benzene rings is 2. The van der Waals surface area contributed by atoms with Crippen LogP contribution in [0.2, 0.25) is 0 Å². The second kappa shape index (κ2) is 10.2. The highest BCUT2D eigenvalue weighted by Crippen LogP contribution is 2.33. The molecule has 3 aromatic rings. The van der Waals surface area contributed by atoms with E-state index in [1.807, 2.05) is 36.2 Å². The van der Waals surface area contributed by atoms with Gasteiger partial charge in [-0.15, -0.1) is 24.0 Å². The Morgan fingerprint density at radius 2 is 1.79 bits per heavy atom. The van der Waals surface area contributed by atoms with Crippen LogP contribution in [0.1, 0.15) is 22.5 Å². The zero-order chi connectivity index (χ0) is 22.9. The van der Waals surface area contributed by atoms with Crippen LogP contribution in [0.4, 0.5) is 10.1 Å². The molecule has 178 valence electrons. The monoisotopic (exact) mass is 576 g/mol. The number of likely N-dealkylation sites (N-methyl/N-ethyl adjacent to an activating group) is 1. The lowest BCUT2D eigenvalue weighted by Gasteiger charge is -2.40. The van der Waals surface area contributed by atoms with E-state index >= 15 is 0 Å². The number of carbonyl (C=O) groups is 2. The molecule has 1 aromatic heterocycles. The van der Waals surface area contributed by atoms with E-state index in [0.717, 1.165) is 25.1 Å². The molecular formula is C25H26FIN4O3. The Hall–Kier alpha value is -2.79. The molecule has 2 aromatic carbocycles. The molecule has 5 rings (SSSR count). The molecule has 0 bridgehead atoms. The third-order valence-electron chi connectivity index (χ3n) is 6.41. The SMILES string of the molecule is CN1CCN(C(=O)C2CCc3ccccc3N2C(=O)c2cc(-c3cccc(F)c3)no2)CC1.I. The number of hydrogen-bond acceptors (Lipinski definition) is 5. The highest BCUT2D eigenvalue weighted by Gasteiger charge is 2.39. The van der Waals surface area contributed by atoms with Gasteiger partial charge in [0.2, 0.25) is 11.7 Å². The molecule has 0 spiro atoms. The average molecular weight is 576 g/mol. The standard InChI is InChI=1S/C25H25FN4O3.HI/c1-28-11-13-29(14-12-28)24(31)22-10-9-17-5-2-3-8-21(17)30(22)25(32)23-16-20(27-33-23)18-6-4-7-19(26)15-18;/h2-8,15-16,22H,9-14H2,1H3;1H. The number of halogens is 2. The first-order valence-corrected chi connectivity index (χ1v) is 11.1. The van der Waals surface area contributed by atoms with Crippen molar-refractivity contribution >= 4 is 41.5 Å². The Balaban J connectivity index is 0.00000274. The molecular weight excluding hydrogens is 550 g/mol. The maximum atomic E-state index is 13.7. The second-order valence-corrected chi connectivity index (χ2v) is 8.57. The first kappa shape index (κ1) is 24.3. The van der Waals surface area contributed by atoms with E-state index in [-0.39, 0.29) is 35.6 Å². The van der Waals surface area contributed by atoms with Crippen LogP contribution < -0.4 is 4.90 Å². The third-order valence-corrected chi connectivity index (χ3v) is 6.41. The van der Waals surface area contributed by atoms with Gasteiger partial charge in [-0.1, -0.05) is 35.5 Å². The van der Waals surface area contributed by atoms with E-state index in [0.29, 0.717) is 36.5 Å². The first-order chi connectivity index (χ1) is 16.0. The van der Waals surface area contributed by atoms with Crippen molar-refractivity contribution in [3.05, 3.63) is 71.7 Å². The summed E-state index contributed by atoms with van der Waals surface area (Å²) >= 11 is 0. The molecule has 1 saturated heterocycles. The normalized spacial score (nSPS) is 18.2. The number of anilines is 1. The minimum absolute atomic E-state index is 0. The number of carbonyl (C=O) groups excluding carboxylic acids is 2. The van der Waals surface area contributed by atoms with Gasteiger partial charge in [-0.3, -0.25) is 14.5 Å². The minimum atomic E-state index is -0.612. The molecule has 34 heavy (non-hydrogen) atoms. The quantitative estimate of drug-likeness (QED) is 0.444. The fourth-order valence-electron chi connectivity index (χ4n) is 4.55. The highest BCUT2D eigenvalue weighted by atomic mass is 127. The van der Waals surface area contributed by atoms with Crippen LogP contribution in [-0.2, 0) is 11.2 Å². The fourth-order valence-corrected chi connectivity index (χ4v) is 4.55. The van der Waals surface area contributed by atoms with Crippen LogP contribution in [0, 0.1) is 5.82 Å². The van der Waals surface area contributed by atoms with Crippen molar-refractivity contribution in [1.29, 1.82) is 0 Å². The van der Waals surface area contributed by atoms with Gasteiger partial charge in [0.25, 0.3) is 5.91 Å². The molecule has 2 aliphatic rings. The third kappa shape index (κ3) is 4.72. The van der Waals surface area contributed by atoms with Crippen LogP contribution in [0.3, 0.4) is 0 Å². The molecule has 2 aliphatic heterocycles. The molecule has 1 atom stereocenters. The Morgan fingerprint density at radius 3 is 2.56 bits per heavy atom. The van der Waals surface area contributed by atoms with Crippen molar-refractivity contribution in [3.63, 3.8) is 0 Å². The van der Waals surface area contributed by atoms with E-state index in [1.165, 1.54) is 18.2 Å². The number of hydrogen-bond donors (Lipinski definition) is 0. The lowest BCUT2D eigenvalue weighted by Crippen LogP contribution is -2.57. The number of rotatable bonds is 3. The van der Waals surface area contributed by atoms with Gasteiger partial charge in [-0.25, -0.2) is 4.39 Å². The van der Waals surface area contributed by atoms with E-state index in [4.69, 9.17) is 4.52 Å². The zero-order valence-corrected chi connectivity index (χ0v) is 21.1. The lowest BCUT2D eigenvalue weighted by molar-refractivity contribution is -0.134. The van der Waals surface area contributed by atoms with Gasteiger partial charge in [0, 0.05) is 43.5 Å². The second-order valence-electron chi connectivity index (χ2n) is 8.57. The van der Waals surface area contributed by atoms with Crippen molar-refractivity contribution < 1.29 is 18.5 Å². The highest BCUT2D eigenvalue weighted by molar-refractivity contribution is 14.0. The summed E-state index contributed by atoms with van der Waals surface area (Å²) in [6.45, 7) is 2.90. The number of piperazine rings is 1. The zero-order valence-electron chi connectivity index (χ0n) is 18.8. The predicted octanol–water partition coefficient (Wildman–Crippen LogP) is 3.83. The van der Waals surface area contributed by atoms with Crippen molar-refractivity contribution in [2.75, 3.05) is 38.1 Å². The Labute approximate surface area is 214 Å². The van der Waals surface area contributed by atoms with Gasteiger partial charge in [0.05, 0.1) is 0 Å². The van der Waals surface area contributed by atoms with Gasteiger partial charge in [-0.05, 0) is 43.7 Å². The number of para-hydroxylation sites is 1. The molecule has 0 saturated carbocycles. The average Bonchev–Trinajstić information content (AvgIpc) is 3.33. The number of nitrogens with zero attached hydrogens (tertiary/aromatic N) is 4. The van der Waals surface area contributed by atoms with Gasteiger partial charge < -0.3 is 14.3 Å². The van der Waals surface area contributed by atoms with Gasteiger partial charge in [0.1, 0.15) is 17.6 Å². The van der Waals surface area contributed by atoms with E-state index in [9.17, 15) is 14.0 Å². The summed E-state index contributed by atoms with van der Waals surface area (Å²) < 4.78 is 19.0. The Kier molecular flexibility index (Phi) is 7.32. The summed E-state index contributed by atoms with van der Waals surface area (Å²) in [5.74, 6) is -0.853. The van der Waals surface area contributed by atoms with Crippen LogP contribution in [0.15, 0.2) is 59.1 Å². The van der Waals surface area contributed by atoms with Gasteiger partial charge >= 0.3 is 0 Å². The molecule has 1 fully saturated rings. The number of amides is 2. The molecule has 0 N–H and O–H groups in total. The van der Waals surface area contributed by atoms with Crippen LogP contribution in [-0.4, -0.2) is 66.0 Å². The van der Waals surface area contributed by atoms with Crippen molar-refractivity contribution in [3.8, 4) is 11.3 Å². The molecule has 3 heterocycles. The summed E-state index contributed by atoms with van der Waals surface area (Å²) in [5, 5.41) is 3.98. The summed E-state index contributed by atoms with van der Waals surface area (Å²) in [7, 11) is 2.04. The maximum absolute atomic E-state index is 13.7.